The molecule has 1 N–H and O–H groups in total. The average Bonchev–Trinajstić information content (AvgIpc) is 2.90. The first-order valence-electron chi connectivity index (χ1n) is 12.2. The van der Waals surface area contributed by atoms with Gasteiger partial charge < -0.3 is 10.2 Å². The first kappa shape index (κ1) is 29.5. The number of hydrogen-bond acceptors (Lipinski definition) is 4. The molecule has 0 heterocycles. The summed E-state index contributed by atoms with van der Waals surface area (Å²) in [7, 11) is -3.88. The number of rotatable bonds is 12. The highest BCUT2D eigenvalue weighted by molar-refractivity contribution is 7.92. The van der Waals surface area contributed by atoms with Crippen LogP contribution in [0.2, 0.25) is 10.0 Å². The summed E-state index contributed by atoms with van der Waals surface area (Å²) in [6.45, 7) is 2.00. The van der Waals surface area contributed by atoms with E-state index in [4.69, 9.17) is 23.2 Å². The molecule has 0 bridgehead atoms. The molecule has 3 aromatic rings. The molecule has 2 amide bonds. The van der Waals surface area contributed by atoms with E-state index in [0.717, 1.165) is 28.1 Å². The summed E-state index contributed by atoms with van der Waals surface area (Å²) in [6.07, 6.45) is 2.01. The minimum Gasteiger partial charge on any atom is -0.354 e. The van der Waals surface area contributed by atoms with Crippen molar-refractivity contribution in [3.63, 3.8) is 0 Å². The van der Waals surface area contributed by atoms with Crippen LogP contribution in [0.3, 0.4) is 0 Å². The number of hydrogen-bond donors (Lipinski definition) is 1. The average molecular weight is 577 g/mol. The van der Waals surface area contributed by atoms with Gasteiger partial charge >= 0.3 is 0 Å². The molecular weight excluding hydrogens is 545 g/mol. The van der Waals surface area contributed by atoms with Crippen molar-refractivity contribution in [2.24, 2.45) is 0 Å². The molecule has 0 fully saturated rings. The summed E-state index contributed by atoms with van der Waals surface area (Å²) in [4.78, 5) is 28.8. The molecule has 1 atom stereocenters. The first-order valence-corrected chi connectivity index (χ1v) is 14.8. The normalized spacial score (nSPS) is 12.0. The predicted octanol–water partition coefficient (Wildman–Crippen LogP) is 4.93. The SMILES string of the molecule is CCCNC(=O)C(Cc1ccccc1)N(Cc1ccccc1)C(=O)CN(c1ccc(Cl)c(Cl)c1)S(C)(=O)=O. The molecule has 0 spiro atoms. The van der Waals surface area contributed by atoms with Gasteiger partial charge in [0.05, 0.1) is 22.0 Å². The maximum Gasteiger partial charge on any atom is 0.244 e. The summed E-state index contributed by atoms with van der Waals surface area (Å²) in [5.74, 6) is -0.835. The van der Waals surface area contributed by atoms with Gasteiger partial charge in [0.15, 0.2) is 0 Å². The Kier molecular flexibility index (Phi) is 10.6. The first-order chi connectivity index (χ1) is 18.1. The third kappa shape index (κ3) is 8.21. The van der Waals surface area contributed by atoms with Gasteiger partial charge in [-0.05, 0) is 35.7 Å². The zero-order valence-corrected chi connectivity index (χ0v) is 23.6. The molecule has 0 aliphatic heterocycles. The molecule has 202 valence electrons. The Morgan fingerprint density at radius 2 is 1.50 bits per heavy atom. The van der Waals surface area contributed by atoms with Gasteiger partial charge in [-0.2, -0.15) is 0 Å². The van der Waals surface area contributed by atoms with Gasteiger partial charge in [-0.15, -0.1) is 0 Å². The number of benzene rings is 3. The number of amides is 2. The van der Waals surface area contributed by atoms with Crippen LogP contribution in [0, 0.1) is 0 Å². The Morgan fingerprint density at radius 1 is 0.895 bits per heavy atom. The second kappa shape index (κ2) is 13.6. The zero-order chi connectivity index (χ0) is 27.7. The molecule has 0 aromatic heterocycles. The Labute approximate surface area is 234 Å². The molecule has 3 aromatic carbocycles. The molecule has 1 unspecified atom stereocenters. The van der Waals surface area contributed by atoms with Gasteiger partial charge in [-0.1, -0.05) is 90.8 Å². The molecule has 0 radical (unpaired) electrons. The van der Waals surface area contributed by atoms with Crippen molar-refractivity contribution in [2.45, 2.75) is 32.4 Å². The topological polar surface area (TPSA) is 86.8 Å². The Hall–Kier alpha value is -3.07. The van der Waals surface area contributed by atoms with Gasteiger partial charge in [0.2, 0.25) is 21.8 Å². The highest BCUT2D eigenvalue weighted by Crippen LogP contribution is 2.28. The Bertz CT molecular complexity index is 1340. The molecule has 38 heavy (non-hydrogen) atoms. The van der Waals surface area contributed by atoms with Crippen LogP contribution in [0.15, 0.2) is 78.9 Å². The number of nitrogens with one attached hydrogen (secondary N) is 1. The largest absolute Gasteiger partial charge is 0.354 e. The minimum atomic E-state index is -3.88. The Balaban J connectivity index is 2.03. The van der Waals surface area contributed by atoms with E-state index in [-0.39, 0.29) is 34.6 Å². The summed E-state index contributed by atoms with van der Waals surface area (Å²) < 4.78 is 26.5. The van der Waals surface area contributed by atoms with Gasteiger partial charge in [0.1, 0.15) is 12.6 Å². The lowest BCUT2D eigenvalue weighted by Crippen LogP contribution is -2.53. The van der Waals surface area contributed by atoms with E-state index in [2.05, 4.69) is 5.32 Å². The maximum atomic E-state index is 13.9. The van der Waals surface area contributed by atoms with Gasteiger partial charge in [-0.3, -0.25) is 13.9 Å². The monoisotopic (exact) mass is 575 g/mol. The fraction of sp³-hybridized carbons (Fsp3) is 0.286. The quantitative estimate of drug-likeness (QED) is 0.332. The van der Waals surface area contributed by atoms with Crippen LogP contribution in [0.4, 0.5) is 5.69 Å². The van der Waals surface area contributed by atoms with Gasteiger partial charge in [0, 0.05) is 19.5 Å². The van der Waals surface area contributed by atoms with Crippen LogP contribution < -0.4 is 9.62 Å². The van der Waals surface area contributed by atoms with Crippen molar-refractivity contribution in [3.8, 4) is 0 Å². The van der Waals surface area contributed by atoms with E-state index in [1.165, 1.54) is 23.1 Å². The summed E-state index contributed by atoms with van der Waals surface area (Å²) in [5, 5.41) is 3.33. The van der Waals surface area contributed by atoms with Crippen molar-refractivity contribution in [3.05, 3.63) is 100 Å². The molecule has 0 aliphatic carbocycles. The molecule has 7 nitrogen and oxygen atoms in total. The number of anilines is 1. The number of sulfonamides is 1. The molecule has 10 heteroatoms. The van der Waals surface area contributed by atoms with Crippen LogP contribution in [-0.4, -0.2) is 50.5 Å². The smallest absolute Gasteiger partial charge is 0.244 e. The van der Waals surface area contributed by atoms with E-state index in [1.807, 2.05) is 67.6 Å². The minimum absolute atomic E-state index is 0.121. The third-order valence-electron chi connectivity index (χ3n) is 5.89. The van der Waals surface area contributed by atoms with Crippen LogP contribution in [-0.2, 0) is 32.6 Å². The van der Waals surface area contributed by atoms with Gasteiger partial charge in [-0.25, -0.2) is 8.42 Å². The van der Waals surface area contributed by atoms with Crippen molar-refractivity contribution in [1.82, 2.24) is 10.2 Å². The van der Waals surface area contributed by atoms with Crippen molar-refractivity contribution in [2.75, 3.05) is 23.7 Å². The fourth-order valence-electron chi connectivity index (χ4n) is 3.95. The van der Waals surface area contributed by atoms with E-state index < -0.39 is 28.5 Å². The molecule has 3 rings (SSSR count). The fourth-order valence-corrected chi connectivity index (χ4v) is 5.09. The summed E-state index contributed by atoms with van der Waals surface area (Å²) in [6, 6.07) is 22.2. The standard InChI is InChI=1S/C28H31Cl2N3O4S/c1-3-16-31-28(35)26(17-21-10-6-4-7-11-21)32(19-22-12-8-5-9-13-22)27(34)20-33(38(2,36)37)23-14-15-24(29)25(30)18-23/h4-15,18,26H,3,16-17,19-20H2,1-2H3,(H,31,35). The Morgan fingerprint density at radius 3 is 2.05 bits per heavy atom. The van der Waals surface area contributed by atoms with E-state index in [9.17, 15) is 18.0 Å². The molecule has 0 saturated heterocycles. The second-order valence-corrected chi connectivity index (χ2v) is 11.6. The lowest BCUT2D eigenvalue weighted by molar-refractivity contribution is -0.140. The number of carbonyl (C=O) groups excluding carboxylic acids is 2. The van der Waals surface area contributed by atoms with Gasteiger partial charge in [0.25, 0.3) is 0 Å². The number of carbonyl (C=O) groups is 2. The molecule has 0 saturated carbocycles. The number of nitrogens with zero attached hydrogens (tertiary/aromatic N) is 2. The molecular formula is C28H31Cl2N3O4S. The summed E-state index contributed by atoms with van der Waals surface area (Å²) in [5.41, 5.74) is 1.88. The van der Waals surface area contributed by atoms with Crippen LogP contribution in [0.1, 0.15) is 24.5 Å². The molecule has 0 aliphatic rings. The van der Waals surface area contributed by atoms with E-state index >= 15 is 0 Å². The zero-order valence-electron chi connectivity index (χ0n) is 21.3. The van der Waals surface area contributed by atoms with E-state index in [1.54, 1.807) is 0 Å². The maximum absolute atomic E-state index is 13.9. The highest BCUT2D eigenvalue weighted by atomic mass is 35.5. The van der Waals surface area contributed by atoms with Crippen LogP contribution in [0.5, 0.6) is 0 Å². The number of halogens is 2. The van der Waals surface area contributed by atoms with Crippen molar-refractivity contribution < 1.29 is 18.0 Å². The van der Waals surface area contributed by atoms with E-state index in [0.29, 0.717) is 6.54 Å². The highest BCUT2D eigenvalue weighted by Gasteiger charge is 2.33. The van der Waals surface area contributed by atoms with Crippen molar-refractivity contribution >= 4 is 50.7 Å². The lowest BCUT2D eigenvalue weighted by Gasteiger charge is -2.33. The van der Waals surface area contributed by atoms with Crippen molar-refractivity contribution in [1.29, 1.82) is 0 Å². The van der Waals surface area contributed by atoms with Crippen LogP contribution >= 0.6 is 23.2 Å². The lowest BCUT2D eigenvalue weighted by atomic mass is 10.0. The third-order valence-corrected chi connectivity index (χ3v) is 7.77. The second-order valence-electron chi connectivity index (χ2n) is 8.87. The summed E-state index contributed by atoms with van der Waals surface area (Å²) >= 11 is 12.2. The predicted molar refractivity (Wildman–Crippen MR) is 153 cm³/mol. The van der Waals surface area contributed by atoms with Crippen LogP contribution in [0.25, 0.3) is 0 Å².